The molecule has 86 valence electrons. The van der Waals surface area contributed by atoms with Gasteiger partial charge in [0.05, 0.1) is 5.56 Å². The number of carbonyl (C=O) groups is 1. The fourth-order valence-corrected chi connectivity index (χ4v) is 1.98. The Hall–Kier alpha value is -1.58. The van der Waals surface area contributed by atoms with Crippen LogP contribution < -0.4 is 0 Å². The molecule has 1 aliphatic heterocycles. The summed E-state index contributed by atoms with van der Waals surface area (Å²) in [6, 6.07) is 3.48. The molecule has 0 bridgehead atoms. The molecule has 1 fully saturated rings. The van der Waals surface area contributed by atoms with E-state index in [4.69, 9.17) is 0 Å². The van der Waals surface area contributed by atoms with Crippen molar-refractivity contribution in [3.8, 4) is 5.75 Å². The van der Waals surface area contributed by atoms with Crippen LogP contribution in [-0.4, -0.2) is 29.0 Å². The van der Waals surface area contributed by atoms with Gasteiger partial charge in [-0.1, -0.05) is 6.92 Å². The Bertz CT molecular complexity index is 419. The Morgan fingerprint density at radius 3 is 2.88 bits per heavy atom. The van der Waals surface area contributed by atoms with E-state index in [1.165, 1.54) is 12.1 Å². The standard InChI is InChI=1S/C12H14FNO2/c1-8-4-5-14(7-8)12(16)10-3-2-9(13)6-11(10)15/h2-3,6,8,15H,4-5,7H2,1H3. The summed E-state index contributed by atoms with van der Waals surface area (Å²) in [6.45, 7) is 3.49. The van der Waals surface area contributed by atoms with E-state index in [9.17, 15) is 14.3 Å². The molecular formula is C12H14FNO2. The number of phenols is 1. The van der Waals surface area contributed by atoms with Gasteiger partial charge >= 0.3 is 0 Å². The Morgan fingerprint density at radius 2 is 2.31 bits per heavy atom. The van der Waals surface area contributed by atoms with Crippen molar-refractivity contribution < 1.29 is 14.3 Å². The second kappa shape index (κ2) is 4.12. The summed E-state index contributed by atoms with van der Waals surface area (Å²) in [5, 5.41) is 9.50. The fraction of sp³-hybridized carbons (Fsp3) is 0.417. The van der Waals surface area contributed by atoms with Gasteiger partial charge in [0.25, 0.3) is 5.91 Å². The maximum absolute atomic E-state index is 12.8. The third-order valence-corrected chi connectivity index (χ3v) is 2.90. The number of carbonyl (C=O) groups excluding carboxylic acids is 1. The van der Waals surface area contributed by atoms with E-state index in [1.54, 1.807) is 4.90 Å². The SMILES string of the molecule is CC1CCN(C(=O)c2ccc(F)cc2O)C1. The quantitative estimate of drug-likeness (QED) is 0.791. The van der Waals surface area contributed by atoms with Crippen LogP contribution in [-0.2, 0) is 0 Å². The fourth-order valence-electron chi connectivity index (χ4n) is 1.98. The molecule has 1 aliphatic rings. The van der Waals surface area contributed by atoms with Gasteiger partial charge in [0, 0.05) is 19.2 Å². The van der Waals surface area contributed by atoms with Gasteiger partial charge in [-0.2, -0.15) is 0 Å². The van der Waals surface area contributed by atoms with E-state index in [2.05, 4.69) is 6.92 Å². The average Bonchev–Trinajstić information content (AvgIpc) is 2.64. The zero-order chi connectivity index (χ0) is 11.7. The average molecular weight is 223 g/mol. The minimum atomic E-state index is -0.538. The van der Waals surface area contributed by atoms with Crippen LogP contribution in [0, 0.1) is 11.7 Å². The van der Waals surface area contributed by atoms with Crippen molar-refractivity contribution in [2.75, 3.05) is 13.1 Å². The van der Waals surface area contributed by atoms with Gasteiger partial charge in [0.1, 0.15) is 11.6 Å². The number of amides is 1. The van der Waals surface area contributed by atoms with Crippen LogP contribution in [0.25, 0.3) is 0 Å². The molecule has 1 aromatic rings. The third-order valence-electron chi connectivity index (χ3n) is 2.90. The number of nitrogens with zero attached hydrogens (tertiary/aromatic N) is 1. The number of rotatable bonds is 1. The Labute approximate surface area is 93.5 Å². The number of hydrogen-bond donors (Lipinski definition) is 1. The van der Waals surface area contributed by atoms with Crippen LogP contribution in [0.4, 0.5) is 4.39 Å². The van der Waals surface area contributed by atoms with Crippen LogP contribution in [0.1, 0.15) is 23.7 Å². The topological polar surface area (TPSA) is 40.5 Å². The monoisotopic (exact) mass is 223 g/mol. The van der Waals surface area contributed by atoms with Crippen molar-refractivity contribution in [2.45, 2.75) is 13.3 Å². The van der Waals surface area contributed by atoms with Crippen LogP contribution in [0.3, 0.4) is 0 Å². The smallest absolute Gasteiger partial charge is 0.257 e. The first-order valence-electron chi connectivity index (χ1n) is 5.35. The zero-order valence-corrected chi connectivity index (χ0v) is 9.11. The normalized spacial score (nSPS) is 20.1. The third kappa shape index (κ3) is 2.01. The molecule has 0 aromatic heterocycles. The van der Waals surface area contributed by atoms with Crippen LogP contribution in [0.5, 0.6) is 5.75 Å². The lowest BCUT2D eigenvalue weighted by Crippen LogP contribution is -2.28. The predicted molar refractivity (Wildman–Crippen MR) is 57.7 cm³/mol. The summed E-state index contributed by atoms with van der Waals surface area (Å²) in [7, 11) is 0. The molecule has 0 aliphatic carbocycles. The number of phenolic OH excluding ortho intramolecular Hbond substituents is 1. The number of aromatic hydroxyl groups is 1. The predicted octanol–water partition coefficient (Wildman–Crippen LogP) is 2.01. The summed E-state index contributed by atoms with van der Waals surface area (Å²) in [4.78, 5) is 13.7. The van der Waals surface area contributed by atoms with E-state index in [1.807, 2.05) is 0 Å². The first-order valence-corrected chi connectivity index (χ1v) is 5.35. The largest absolute Gasteiger partial charge is 0.507 e. The maximum Gasteiger partial charge on any atom is 0.257 e. The van der Waals surface area contributed by atoms with Crippen LogP contribution in [0.2, 0.25) is 0 Å². The number of likely N-dealkylation sites (tertiary alicyclic amines) is 1. The lowest BCUT2D eigenvalue weighted by Gasteiger charge is -2.16. The number of benzene rings is 1. The molecular weight excluding hydrogens is 209 g/mol. The zero-order valence-electron chi connectivity index (χ0n) is 9.11. The lowest BCUT2D eigenvalue weighted by atomic mass is 10.1. The summed E-state index contributed by atoms with van der Waals surface area (Å²) in [5.74, 6) is -0.554. The van der Waals surface area contributed by atoms with Crippen LogP contribution in [0.15, 0.2) is 18.2 Å². The highest BCUT2D eigenvalue weighted by molar-refractivity contribution is 5.96. The van der Waals surface area contributed by atoms with E-state index >= 15 is 0 Å². The molecule has 1 N–H and O–H groups in total. The highest BCUT2D eigenvalue weighted by Gasteiger charge is 2.25. The number of halogens is 1. The van der Waals surface area contributed by atoms with Crippen LogP contribution >= 0.6 is 0 Å². The molecule has 1 heterocycles. The molecule has 1 aromatic carbocycles. The second-order valence-electron chi connectivity index (χ2n) is 4.31. The molecule has 0 saturated carbocycles. The van der Waals surface area contributed by atoms with E-state index < -0.39 is 5.82 Å². The van der Waals surface area contributed by atoms with E-state index in [-0.39, 0.29) is 17.2 Å². The summed E-state index contributed by atoms with van der Waals surface area (Å²) < 4.78 is 12.8. The maximum atomic E-state index is 12.8. The molecule has 1 atom stereocenters. The van der Waals surface area contributed by atoms with Gasteiger partial charge in [-0.05, 0) is 24.5 Å². The minimum Gasteiger partial charge on any atom is -0.507 e. The Morgan fingerprint density at radius 1 is 1.56 bits per heavy atom. The Kier molecular flexibility index (Phi) is 2.81. The van der Waals surface area contributed by atoms with Gasteiger partial charge in [-0.3, -0.25) is 4.79 Å². The molecule has 0 spiro atoms. The minimum absolute atomic E-state index is 0.176. The first-order chi connectivity index (χ1) is 7.58. The van der Waals surface area contributed by atoms with Crippen molar-refractivity contribution in [1.82, 2.24) is 4.90 Å². The molecule has 1 unspecified atom stereocenters. The van der Waals surface area contributed by atoms with Gasteiger partial charge in [0.2, 0.25) is 0 Å². The first kappa shape index (κ1) is 10.9. The summed E-state index contributed by atoms with van der Waals surface area (Å²) >= 11 is 0. The molecule has 4 heteroatoms. The van der Waals surface area contributed by atoms with E-state index in [0.717, 1.165) is 12.5 Å². The van der Waals surface area contributed by atoms with Gasteiger partial charge in [-0.25, -0.2) is 4.39 Å². The molecule has 0 radical (unpaired) electrons. The Balaban J connectivity index is 2.21. The molecule has 2 rings (SSSR count). The second-order valence-corrected chi connectivity index (χ2v) is 4.31. The molecule has 1 saturated heterocycles. The van der Waals surface area contributed by atoms with Crippen molar-refractivity contribution in [1.29, 1.82) is 0 Å². The van der Waals surface area contributed by atoms with Gasteiger partial charge < -0.3 is 10.0 Å². The highest BCUT2D eigenvalue weighted by Crippen LogP contribution is 2.23. The highest BCUT2D eigenvalue weighted by atomic mass is 19.1. The molecule has 16 heavy (non-hydrogen) atoms. The van der Waals surface area contributed by atoms with Gasteiger partial charge in [0.15, 0.2) is 0 Å². The van der Waals surface area contributed by atoms with Crippen molar-refractivity contribution >= 4 is 5.91 Å². The lowest BCUT2D eigenvalue weighted by molar-refractivity contribution is 0.0785. The summed E-state index contributed by atoms with van der Waals surface area (Å²) in [5.41, 5.74) is 0.176. The van der Waals surface area contributed by atoms with E-state index in [0.29, 0.717) is 19.0 Å². The van der Waals surface area contributed by atoms with Crippen molar-refractivity contribution in [3.63, 3.8) is 0 Å². The van der Waals surface area contributed by atoms with Crippen molar-refractivity contribution in [3.05, 3.63) is 29.6 Å². The van der Waals surface area contributed by atoms with Crippen molar-refractivity contribution in [2.24, 2.45) is 5.92 Å². The molecule has 3 nitrogen and oxygen atoms in total. The number of hydrogen-bond acceptors (Lipinski definition) is 2. The molecule has 1 amide bonds. The summed E-state index contributed by atoms with van der Waals surface area (Å²) in [6.07, 6.45) is 0.980. The van der Waals surface area contributed by atoms with Gasteiger partial charge in [-0.15, -0.1) is 0 Å².